The molecule has 4 heteroatoms. The van der Waals surface area contributed by atoms with Gasteiger partial charge in [0.1, 0.15) is 0 Å². The molecule has 1 saturated carbocycles. The van der Waals surface area contributed by atoms with Gasteiger partial charge in [0.05, 0.1) is 6.42 Å². The molecule has 0 bridgehead atoms. The zero-order chi connectivity index (χ0) is 19.8. The van der Waals surface area contributed by atoms with Crippen LogP contribution in [0.1, 0.15) is 51.0 Å². The van der Waals surface area contributed by atoms with E-state index < -0.39 is 0 Å². The number of carbonyl (C=O) groups excluding carboxylic acids is 1. The second-order valence-electron chi connectivity index (χ2n) is 8.30. The number of piperazine rings is 1. The fourth-order valence-corrected chi connectivity index (χ4v) is 4.50. The van der Waals surface area contributed by atoms with Gasteiger partial charge in [-0.1, -0.05) is 25.0 Å². The molecule has 2 aliphatic rings. The Labute approximate surface area is 170 Å². The van der Waals surface area contributed by atoms with E-state index in [4.69, 9.17) is 6.42 Å². The molecule has 0 aromatic heterocycles. The number of benzene rings is 1. The van der Waals surface area contributed by atoms with E-state index in [1.54, 1.807) is 0 Å². The maximum atomic E-state index is 11.6. The van der Waals surface area contributed by atoms with Crippen molar-refractivity contribution in [1.29, 1.82) is 0 Å². The largest absolute Gasteiger partial charge is 0.369 e. The molecule has 0 atom stereocenters. The predicted molar refractivity (Wildman–Crippen MR) is 116 cm³/mol. The van der Waals surface area contributed by atoms with Crippen molar-refractivity contribution < 1.29 is 4.79 Å². The standard InChI is InChI=1S/C24H35N3O/c1-3-5-24(28)25-22-10-6-21(7-11-22)14-15-26-16-18-27(19-17-26)23-12-8-20(4-2)9-13-23/h1,8-9,12-13,21-22H,4-7,10-11,14-19H2,2H3,(H,25,28). The summed E-state index contributed by atoms with van der Waals surface area (Å²) in [6.45, 7) is 7.98. The quantitative estimate of drug-likeness (QED) is 0.735. The van der Waals surface area contributed by atoms with Crippen molar-refractivity contribution in [3.63, 3.8) is 0 Å². The first-order chi connectivity index (χ1) is 13.7. The van der Waals surface area contributed by atoms with Crippen molar-refractivity contribution in [2.75, 3.05) is 37.6 Å². The summed E-state index contributed by atoms with van der Waals surface area (Å²) in [4.78, 5) is 16.8. The van der Waals surface area contributed by atoms with Crippen LogP contribution >= 0.6 is 0 Å². The lowest BCUT2D eigenvalue weighted by Crippen LogP contribution is -2.47. The van der Waals surface area contributed by atoms with Gasteiger partial charge < -0.3 is 10.2 Å². The molecule has 1 aromatic carbocycles. The Balaban J connectivity index is 1.32. The molecule has 1 aliphatic heterocycles. The van der Waals surface area contributed by atoms with E-state index in [0.29, 0.717) is 6.04 Å². The molecule has 28 heavy (non-hydrogen) atoms. The van der Waals surface area contributed by atoms with Gasteiger partial charge in [-0.05, 0) is 68.7 Å². The highest BCUT2D eigenvalue weighted by atomic mass is 16.1. The Bertz CT molecular complexity index is 647. The predicted octanol–water partition coefficient (Wildman–Crippen LogP) is 3.46. The zero-order valence-corrected chi connectivity index (χ0v) is 17.3. The first kappa shape index (κ1) is 20.7. The average molecular weight is 382 g/mol. The summed E-state index contributed by atoms with van der Waals surface area (Å²) in [7, 11) is 0. The summed E-state index contributed by atoms with van der Waals surface area (Å²) in [5, 5.41) is 3.08. The summed E-state index contributed by atoms with van der Waals surface area (Å²) in [6, 6.07) is 9.39. The van der Waals surface area contributed by atoms with E-state index in [0.717, 1.165) is 51.4 Å². The molecule has 0 unspecified atom stereocenters. The third-order valence-electron chi connectivity index (χ3n) is 6.41. The third kappa shape index (κ3) is 6.01. The van der Waals surface area contributed by atoms with E-state index >= 15 is 0 Å². The van der Waals surface area contributed by atoms with Crippen LogP contribution in [0, 0.1) is 18.3 Å². The van der Waals surface area contributed by atoms with Crippen molar-refractivity contribution in [2.45, 2.75) is 57.9 Å². The van der Waals surface area contributed by atoms with Crippen LogP contribution in [-0.4, -0.2) is 49.6 Å². The maximum Gasteiger partial charge on any atom is 0.232 e. The van der Waals surface area contributed by atoms with E-state index in [9.17, 15) is 4.79 Å². The first-order valence-electron chi connectivity index (χ1n) is 11.0. The monoisotopic (exact) mass is 381 g/mol. The molecular formula is C24H35N3O. The molecule has 1 heterocycles. The van der Waals surface area contributed by atoms with Crippen molar-refractivity contribution in [3.8, 4) is 12.3 Å². The minimum absolute atomic E-state index is 0.00755. The van der Waals surface area contributed by atoms with Crippen LogP contribution in [0.15, 0.2) is 24.3 Å². The van der Waals surface area contributed by atoms with Gasteiger partial charge in [-0.25, -0.2) is 0 Å². The van der Waals surface area contributed by atoms with Crippen molar-refractivity contribution in [1.82, 2.24) is 10.2 Å². The van der Waals surface area contributed by atoms with E-state index in [1.807, 2.05) is 0 Å². The highest BCUT2D eigenvalue weighted by Crippen LogP contribution is 2.27. The zero-order valence-electron chi connectivity index (χ0n) is 17.3. The minimum atomic E-state index is 0.00755. The van der Waals surface area contributed by atoms with Gasteiger partial charge in [0.15, 0.2) is 0 Å². The molecule has 1 aliphatic carbocycles. The molecule has 0 radical (unpaired) electrons. The van der Waals surface area contributed by atoms with Crippen LogP contribution in [0.4, 0.5) is 5.69 Å². The number of aryl methyl sites for hydroxylation is 1. The molecule has 1 amide bonds. The van der Waals surface area contributed by atoms with Crippen molar-refractivity contribution >= 4 is 11.6 Å². The summed E-state index contributed by atoms with van der Waals surface area (Å²) >= 11 is 0. The number of nitrogens with one attached hydrogen (secondary N) is 1. The SMILES string of the molecule is C#CCC(=O)NC1CCC(CCN2CCN(c3ccc(CC)cc3)CC2)CC1. The Morgan fingerprint density at radius 2 is 1.79 bits per heavy atom. The summed E-state index contributed by atoms with van der Waals surface area (Å²) in [5.41, 5.74) is 2.77. The normalized spacial score (nSPS) is 23.2. The maximum absolute atomic E-state index is 11.6. The van der Waals surface area contributed by atoms with Crippen LogP contribution in [0.3, 0.4) is 0 Å². The van der Waals surface area contributed by atoms with Crippen molar-refractivity contribution in [3.05, 3.63) is 29.8 Å². The lowest BCUT2D eigenvalue weighted by Gasteiger charge is -2.37. The third-order valence-corrected chi connectivity index (χ3v) is 6.41. The number of hydrogen-bond acceptors (Lipinski definition) is 3. The highest BCUT2D eigenvalue weighted by molar-refractivity contribution is 5.78. The fraction of sp³-hybridized carbons (Fsp3) is 0.625. The summed E-state index contributed by atoms with van der Waals surface area (Å²) < 4.78 is 0. The topological polar surface area (TPSA) is 35.6 Å². The van der Waals surface area contributed by atoms with Crippen LogP contribution in [-0.2, 0) is 11.2 Å². The Morgan fingerprint density at radius 3 is 2.39 bits per heavy atom. The second kappa shape index (κ2) is 10.5. The number of amides is 1. The summed E-state index contributed by atoms with van der Waals surface area (Å²) in [5.74, 6) is 3.23. The molecule has 0 spiro atoms. The Hall–Kier alpha value is -1.99. The number of carbonyl (C=O) groups is 1. The molecule has 1 saturated heterocycles. The van der Waals surface area contributed by atoms with Crippen LogP contribution in [0.2, 0.25) is 0 Å². The van der Waals surface area contributed by atoms with Crippen molar-refractivity contribution in [2.24, 2.45) is 5.92 Å². The fourth-order valence-electron chi connectivity index (χ4n) is 4.50. The van der Waals surface area contributed by atoms with Crippen LogP contribution < -0.4 is 10.2 Å². The van der Waals surface area contributed by atoms with Gasteiger partial charge in [-0.15, -0.1) is 6.42 Å². The van der Waals surface area contributed by atoms with Gasteiger partial charge in [0, 0.05) is 37.9 Å². The molecule has 152 valence electrons. The number of rotatable bonds is 7. The smallest absolute Gasteiger partial charge is 0.232 e. The highest BCUT2D eigenvalue weighted by Gasteiger charge is 2.23. The first-order valence-corrected chi connectivity index (χ1v) is 11.0. The van der Waals surface area contributed by atoms with Gasteiger partial charge >= 0.3 is 0 Å². The van der Waals surface area contributed by atoms with E-state index in [1.165, 1.54) is 37.1 Å². The molecule has 3 rings (SSSR count). The van der Waals surface area contributed by atoms with Gasteiger partial charge in [0.2, 0.25) is 5.91 Å². The number of anilines is 1. The Kier molecular flexibility index (Phi) is 7.80. The van der Waals surface area contributed by atoms with E-state index in [2.05, 4.69) is 52.2 Å². The van der Waals surface area contributed by atoms with Gasteiger partial charge in [0.25, 0.3) is 0 Å². The average Bonchev–Trinajstić information content (AvgIpc) is 2.74. The lowest BCUT2D eigenvalue weighted by atomic mass is 9.84. The number of nitrogens with zero attached hydrogens (tertiary/aromatic N) is 2. The summed E-state index contributed by atoms with van der Waals surface area (Å²) in [6.07, 6.45) is 12.5. The molecule has 1 N–H and O–H groups in total. The molecule has 4 nitrogen and oxygen atoms in total. The van der Waals surface area contributed by atoms with Crippen LogP contribution in [0.25, 0.3) is 0 Å². The van der Waals surface area contributed by atoms with Crippen LogP contribution in [0.5, 0.6) is 0 Å². The number of hydrogen-bond donors (Lipinski definition) is 1. The minimum Gasteiger partial charge on any atom is -0.369 e. The lowest BCUT2D eigenvalue weighted by molar-refractivity contribution is -0.121. The van der Waals surface area contributed by atoms with E-state index in [-0.39, 0.29) is 12.3 Å². The molecular weight excluding hydrogens is 346 g/mol. The molecule has 1 aromatic rings. The second-order valence-corrected chi connectivity index (χ2v) is 8.30. The molecule has 2 fully saturated rings. The van der Waals surface area contributed by atoms with Gasteiger partial charge in [-0.2, -0.15) is 0 Å². The van der Waals surface area contributed by atoms with Gasteiger partial charge in [-0.3, -0.25) is 9.69 Å². The number of terminal acetylenes is 1. The Morgan fingerprint density at radius 1 is 1.11 bits per heavy atom.